The SMILES string of the molecule is COc1cc(C)c(S(=O)(=O)N(C)CCC(=O)N(C)c2ccc(N3CCC(N(C)C)CC3)cc2)c(C)c1. The monoisotopic (exact) mass is 516 g/mol. The summed E-state index contributed by atoms with van der Waals surface area (Å²) in [7, 11) is 5.33. The summed E-state index contributed by atoms with van der Waals surface area (Å²) in [5.74, 6) is 0.479. The molecule has 0 unspecified atom stereocenters. The summed E-state index contributed by atoms with van der Waals surface area (Å²) in [6.07, 6.45) is 2.36. The van der Waals surface area contributed by atoms with Crippen LogP contribution in [0, 0.1) is 13.8 Å². The van der Waals surface area contributed by atoms with E-state index in [4.69, 9.17) is 4.74 Å². The summed E-state index contributed by atoms with van der Waals surface area (Å²) >= 11 is 0. The highest BCUT2D eigenvalue weighted by Crippen LogP contribution is 2.28. The normalized spacial score (nSPS) is 15.0. The molecule has 2 aromatic carbocycles. The van der Waals surface area contributed by atoms with E-state index in [2.05, 4.69) is 36.0 Å². The molecule has 36 heavy (non-hydrogen) atoms. The third-order valence-corrected chi connectivity index (χ3v) is 9.31. The zero-order chi connectivity index (χ0) is 26.6. The first-order chi connectivity index (χ1) is 16.9. The Hall–Kier alpha value is -2.62. The molecule has 1 saturated heterocycles. The Bertz CT molecular complexity index is 1130. The molecule has 1 aliphatic heterocycles. The molecule has 0 aliphatic carbocycles. The van der Waals surface area contributed by atoms with E-state index in [0.717, 1.165) is 37.3 Å². The van der Waals surface area contributed by atoms with Crippen molar-refractivity contribution in [3.63, 3.8) is 0 Å². The van der Waals surface area contributed by atoms with Gasteiger partial charge in [-0.05, 0) is 88.3 Å². The quantitative estimate of drug-likeness (QED) is 0.508. The highest BCUT2D eigenvalue weighted by atomic mass is 32.2. The van der Waals surface area contributed by atoms with Gasteiger partial charge in [-0.3, -0.25) is 4.79 Å². The Morgan fingerprint density at radius 3 is 2.06 bits per heavy atom. The Kier molecular flexibility index (Phi) is 9.03. The zero-order valence-corrected chi connectivity index (χ0v) is 23.4. The molecule has 0 spiro atoms. The molecule has 0 N–H and O–H groups in total. The maximum absolute atomic E-state index is 13.2. The van der Waals surface area contributed by atoms with Crippen LogP contribution < -0.4 is 14.5 Å². The first-order valence-electron chi connectivity index (χ1n) is 12.3. The van der Waals surface area contributed by atoms with Crippen LogP contribution in [0.25, 0.3) is 0 Å². The van der Waals surface area contributed by atoms with Crippen molar-refractivity contribution in [2.75, 3.05) is 64.7 Å². The van der Waals surface area contributed by atoms with Crippen LogP contribution in [-0.2, 0) is 14.8 Å². The zero-order valence-electron chi connectivity index (χ0n) is 22.6. The molecular weight excluding hydrogens is 476 g/mol. The first kappa shape index (κ1) is 28.0. The van der Waals surface area contributed by atoms with Gasteiger partial charge >= 0.3 is 0 Å². The fourth-order valence-electron chi connectivity index (χ4n) is 4.80. The molecule has 1 amide bonds. The van der Waals surface area contributed by atoms with Crippen molar-refractivity contribution in [2.24, 2.45) is 0 Å². The average molecular weight is 517 g/mol. The molecule has 0 atom stereocenters. The van der Waals surface area contributed by atoms with Crippen molar-refractivity contribution < 1.29 is 17.9 Å². The van der Waals surface area contributed by atoms with Crippen molar-refractivity contribution >= 4 is 27.3 Å². The Balaban J connectivity index is 1.60. The standard InChI is InChI=1S/C27H40N4O4S/c1-20-18-25(35-7)19-21(2)27(20)36(33,34)29(5)15-14-26(32)30(6)23-8-10-24(11-9-23)31-16-12-22(13-17-31)28(3)4/h8-11,18-19,22H,12-17H2,1-7H3. The van der Waals surface area contributed by atoms with Crippen molar-refractivity contribution in [1.29, 1.82) is 0 Å². The highest BCUT2D eigenvalue weighted by Gasteiger charge is 2.26. The number of piperidine rings is 1. The van der Waals surface area contributed by atoms with Gasteiger partial charge in [-0.25, -0.2) is 12.7 Å². The Morgan fingerprint density at radius 2 is 1.56 bits per heavy atom. The van der Waals surface area contributed by atoms with E-state index in [9.17, 15) is 13.2 Å². The smallest absolute Gasteiger partial charge is 0.243 e. The number of carbonyl (C=O) groups is 1. The third kappa shape index (κ3) is 6.19. The molecule has 8 nitrogen and oxygen atoms in total. The van der Waals surface area contributed by atoms with Crippen LogP contribution in [0.2, 0.25) is 0 Å². The molecule has 1 aliphatic rings. The number of hydrogen-bond acceptors (Lipinski definition) is 6. The minimum Gasteiger partial charge on any atom is -0.497 e. The van der Waals surface area contributed by atoms with Crippen molar-refractivity contribution in [3.05, 3.63) is 47.5 Å². The summed E-state index contributed by atoms with van der Waals surface area (Å²) in [6, 6.07) is 12.1. The number of carbonyl (C=O) groups excluding carboxylic acids is 1. The predicted octanol–water partition coefficient (Wildman–Crippen LogP) is 3.52. The second-order valence-electron chi connectivity index (χ2n) is 9.82. The second kappa shape index (κ2) is 11.6. The van der Waals surface area contributed by atoms with Crippen LogP contribution in [0.5, 0.6) is 5.75 Å². The average Bonchev–Trinajstić information content (AvgIpc) is 2.86. The lowest BCUT2D eigenvalue weighted by atomic mass is 10.0. The van der Waals surface area contributed by atoms with Gasteiger partial charge in [-0.15, -0.1) is 0 Å². The lowest BCUT2D eigenvalue weighted by molar-refractivity contribution is -0.118. The minimum absolute atomic E-state index is 0.0836. The third-order valence-electron chi connectivity index (χ3n) is 7.15. The van der Waals surface area contributed by atoms with Crippen molar-refractivity contribution in [2.45, 2.75) is 44.0 Å². The minimum atomic E-state index is -3.74. The molecule has 198 valence electrons. The fourth-order valence-corrected chi connectivity index (χ4v) is 6.38. The van der Waals surface area contributed by atoms with Gasteiger partial charge in [0.1, 0.15) is 5.75 Å². The number of anilines is 2. The van der Waals surface area contributed by atoms with Gasteiger partial charge in [0.15, 0.2) is 0 Å². The molecule has 1 fully saturated rings. The van der Waals surface area contributed by atoms with Gasteiger partial charge in [0.05, 0.1) is 12.0 Å². The molecule has 0 radical (unpaired) electrons. The van der Waals surface area contributed by atoms with E-state index >= 15 is 0 Å². The number of nitrogens with zero attached hydrogens (tertiary/aromatic N) is 4. The van der Waals surface area contributed by atoms with E-state index in [1.54, 1.807) is 45.0 Å². The summed E-state index contributed by atoms with van der Waals surface area (Å²) in [6.45, 7) is 5.64. The van der Waals surface area contributed by atoms with E-state index in [1.165, 1.54) is 11.4 Å². The van der Waals surface area contributed by atoms with E-state index in [0.29, 0.717) is 22.9 Å². The lowest BCUT2D eigenvalue weighted by Gasteiger charge is -2.36. The molecule has 0 aromatic heterocycles. The van der Waals surface area contributed by atoms with E-state index < -0.39 is 10.0 Å². The molecule has 0 bridgehead atoms. The number of benzene rings is 2. The Labute approximate surface area is 216 Å². The summed E-state index contributed by atoms with van der Waals surface area (Å²) in [4.78, 5) is 19.4. The molecule has 1 heterocycles. The van der Waals surface area contributed by atoms with Gasteiger partial charge in [-0.2, -0.15) is 0 Å². The fraction of sp³-hybridized carbons (Fsp3) is 0.519. The van der Waals surface area contributed by atoms with Crippen LogP contribution >= 0.6 is 0 Å². The van der Waals surface area contributed by atoms with Crippen LogP contribution in [-0.4, -0.2) is 84.5 Å². The van der Waals surface area contributed by atoms with Gasteiger partial charge in [0.25, 0.3) is 0 Å². The van der Waals surface area contributed by atoms with Crippen LogP contribution in [0.15, 0.2) is 41.3 Å². The van der Waals surface area contributed by atoms with Gasteiger partial charge < -0.3 is 19.4 Å². The van der Waals surface area contributed by atoms with Crippen molar-refractivity contribution in [1.82, 2.24) is 9.21 Å². The maximum atomic E-state index is 13.2. The van der Waals surface area contributed by atoms with Crippen molar-refractivity contribution in [3.8, 4) is 5.75 Å². The van der Waals surface area contributed by atoms with Gasteiger partial charge in [-0.1, -0.05) is 0 Å². The maximum Gasteiger partial charge on any atom is 0.243 e. The van der Waals surface area contributed by atoms with Gasteiger partial charge in [0, 0.05) is 57.6 Å². The Morgan fingerprint density at radius 1 is 1.00 bits per heavy atom. The lowest BCUT2D eigenvalue weighted by Crippen LogP contribution is -2.42. The second-order valence-corrected chi connectivity index (χ2v) is 11.8. The number of ether oxygens (including phenoxy) is 1. The summed E-state index contributed by atoms with van der Waals surface area (Å²) < 4.78 is 32.9. The van der Waals surface area contributed by atoms with E-state index in [1.807, 2.05) is 12.1 Å². The molecule has 9 heteroatoms. The number of aryl methyl sites for hydroxylation is 2. The van der Waals surface area contributed by atoms with Crippen LogP contribution in [0.4, 0.5) is 11.4 Å². The number of amides is 1. The molecular formula is C27H40N4O4S. The molecule has 3 rings (SSSR count). The molecule has 2 aromatic rings. The van der Waals surface area contributed by atoms with Gasteiger partial charge in [0.2, 0.25) is 15.9 Å². The van der Waals surface area contributed by atoms with Crippen LogP contribution in [0.3, 0.4) is 0 Å². The van der Waals surface area contributed by atoms with E-state index in [-0.39, 0.29) is 23.8 Å². The topological polar surface area (TPSA) is 73.4 Å². The molecule has 0 saturated carbocycles. The predicted molar refractivity (Wildman–Crippen MR) is 146 cm³/mol. The number of methoxy groups -OCH3 is 1. The summed E-state index contributed by atoms with van der Waals surface area (Å²) in [5.41, 5.74) is 3.19. The first-order valence-corrected chi connectivity index (χ1v) is 13.8. The summed E-state index contributed by atoms with van der Waals surface area (Å²) in [5, 5.41) is 0. The highest BCUT2D eigenvalue weighted by molar-refractivity contribution is 7.89. The number of sulfonamides is 1. The number of rotatable bonds is 9. The van der Waals surface area contributed by atoms with Crippen LogP contribution in [0.1, 0.15) is 30.4 Å². The number of hydrogen-bond donors (Lipinski definition) is 0. The largest absolute Gasteiger partial charge is 0.497 e.